The summed E-state index contributed by atoms with van der Waals surface area (Å²) in [4.78, 5) is 0.709. The average molecular weight is 407 g/mol. The molecular formula is C19H17N7O2S. The van der Waals surface area contributed by atoms with E-state index >= 15 is 0 Å². The van der Waals surface area contributed by atoms with Gasteiger partial charge in [0.25, 0.3) is 0 Å². The molecule has 0 spiro atoms. The van der Waals surface area contributed by atoms with Crippen molar-refractivity contribution >= 4 is 27.3 Å². The summed E-state index contributed by atoms with van der Waals surface area (Å²) in [5, 5.41) is 22.3. The number of aromatic nitrogens is 7. The van der Waals surface area contributed by atoms with Crippen LogP contribution in [0.15, 0.2) is 48.5 Å². The van der Waals surface area contributed by atoms with Crippen molar-refractivity contribution in [2.45, 2.75) is 20.1 Å². The molecule has 9 nitrogen and oxygen atoms in total. The van der Waals surface area contributed by atoms with E-state index < -0.39 is 0 Å². The largest absolute Gasteiger partial charge is 0.490 e. The molecule has 0 fully saturated rings. The van der Waals surface area contributed by atoms with Crippen molar-refractivity contribution in [1.82, 2.24) is 34.8 Å². The third-order valence-electron chi connectivity index (χ3n) is 4.31. The number of rotatable bonds is 7. The predicted octanol–water partition coefficient (Wildman–Crippen LogP) is 2.96. The van der Waals surface area contributed by atoms with Gasteiger partial charge < -0.3 is 9.47 Å². The van der Waals surface area contributed by atoms with Crippen molar-refractivity contribution in [1.29, 1.82) is 0 Å². The molecule has 2 aromatic carbocycles. The van der Waals surface area contributed by atoms with Crippen LogP contribution in [0.2, 0.25) is 0 Å². The third-order valence-corrected chi connectivity index (χ3v) is 5.18. The monoisotopic (exact) mass is 407 g/mol. The Labute approximate surface area is 169 Å². The van der Waals surface area contributed by atoms with Gasteiger partial charge in [-0.15, -0.1) is 15.3 Å². The zero-order valence-corrected chi connectivity index (χ0v) is 16.4. The van der Waals surface area contributed by atoms with Gasteiger partial charge in [-0.25, -0.2) is 4.68 Å². The third kappa shape index (κ3) is 3.38. The first kappa shape index (κ1) is 17.6. The van der Waals surface area contributed by atoms with E-state index in [2.05, 4.69) is 25.6 Å². The Morgan fingerprint density at radius 3 is 2.59 bits per heavy atom. The Kier molecular flexibility index (Phi) is 4.53. The van der Waals surface area contributed by atoms with Crippen molar-refractivity contribution in [3.8, 4) is 11.5 Å². The highest BCUT2D eigenvalue weighted by molar-refractivity contribution is 7.16. The first-order valence-corrected chi connectivity index (χ1v) is 9.96. The van der Waals surface area contributed by atoms with E-state index in [-0.39, 0.29) is 0 Å². The number of ether oxygens (including phenoxy) is 2. The molecule has 0 atom stereocenters. The van der Waals surface area contributed by atoms with Crippen LogP contribution in [0.1, 0.15) is 17.8 Å². The van der Waals surface area contributed by atoms with Crippen LogP contribution >= 0.6 is 11.3 Å². The van der Waals surface area contributed by atoms with E-state index in [1.165, 1.54) is 11.3 Å². The summed E-state index contributed by atoms with van der Waals surface area (Å²) in [7, 11) is 0. The fourth-order valence-corrected chi connectivity index (χ4v) is 3.77. The fourth-order valence-electron chi connectivity index (χ4n) is 3.01. The Bertz CT molecular complexity index is 1280. The summed E-state index contributed by atoms with van der Waals surface area (Å²) < 4.78 is 15.0. The van der Waals surface area contributed by atoms with Crippen LogP contribution in [0.4, 0.5) is 0 Å². The van der Waals surface area contributed by atoms with Crippen molar-refractivity contribution in [2.24, 2.45) is 0 Å². The molecule has 5 aromatic rings. The molecule has 146 valence electrons. The quantitative estimate of drug-likeness (QED) is 0.409. The van der Waals surface area contributed by atoms with Gasteiger partial charge in [0.15, 0.2) is 22.3 Å². The van der Waals surface area contributed by atoms with E-state index in [1.54, 1.807) is 9.20 Å². The SMILES string of the molecule is CCOc1ccccc1OCc1nn2c(Cn3nnc4ccccc43)nnc2s1. The summed E-state index contributed by atoms with van der Waals surface area (Å²) >= 11 is 1.44. The first-order chi connectivity index (χ1) is 14.3. The van der Waals surface area contributed by atoms with Gasteiger partial charge in [0.05, 0.1) is 12.1 Å². The van der Waals surface area contributed by atoms with Gasteiger partial charge in [0.2, 0.25) is 4.96 Å². The molecule has 0 unspecified atom stereocenters. The Morgan fingerprint density at radius 2 is 1.72 bits per heavy atom. The zero-order valence-electron chi connectivity index (χ0n) is 15.6. The lowest BCUT2D eigenvalue weighted by Gasteiger charge is -2.10. The molecule has 0 bridgehead atoms. The van der Waals surface area contributed by atoms with E-state index in [1.807, 2.05) is 55.5 Å². The van der Waals surface area contributed by atoms with Crippen molar-refractivity contribution < 1.29 is 9.47 Å². The summed E-state index contributed by atoms with van der Waals surface area (Å²) in [6.07, 6.45) is 0. The highest BCUT2D eigenvalue weighted by Gasteiger charge is 2.15. The smallest absolute Gasteiger partial charge is 0.234 e. The number of hydrogen-bond acceptors (Lipinski definition) is 8. The molecule has 3 heterocycles. The Morgan fingerprint density at radius 1 is 0.931 bits per heavy atom. The van der Waals surface area contributed by atoms with Crippen LogP contribution in [0.3, 0.4) is 0 Å². The minimum atomic E-state index is 0.323. The Hall–Kier alpha value is -3.53. The number of nitrogens with zero attached hydrogens (tertiary/aromatic N) is 7. The molecule has 0 aliphatic carbocycles. The predicted molar refractivity (Wildman–Crippen MR) is 107 cm³/mol. The maximum absolute atomic E-state index is 5.91. The molecule has 0 aliphatic rings. The maximum Gasteiger partial charge on any atom is 0.234 e. The average Bonchev–Trinajstić information content (AvgIpc) is 3.44. The molecule has 0 saturated heterocycles. The standard InChI is InChI=1S/C19H17N7O2S/c1-2-27-15-9-5-6-10-16(15)28-12-18-23-26-17(21-22-19(26)29-18)11-25-14-8-4-3-7-13(14)20-24-25/h3-10H,2,11-12H2,1H3. The van der Waals surface area contributed by atoms with Crippen LogP contribution in [0.25, 0.3) is 16.0 Å². The summed E-state index contributed by atoms with van der Waals surface area (Å²) in [6.45, 7) is 3.28. The van der Waals surface area contributed by atoms with Gasteiger partial charge in [-0.3, -0.25) is 0 Å². The molecule has 3 aromatic heterocycles. The maximum atomic E-state index is 5.91. The van der Waals surface area contributed by atoms with E-state index in [0.717, 1.165) is 21.8 Å². The topological polar surface area (TPSA) is 92.2 Å². The lowest BCUT2D eigenvalue weighted by molar-refractivity contribution is 0.268. The highest BCUT2D eigenvalue weighted by atomic mass is 32.1. The molecule has 29 heavy (non-hydrogen) atoms. The van der Waals surface area contributed by atoms with Crippen LogP contribution in [-0.4, -0.2) is 41.4 Å². The van der Waals surface area contributed by atoms with Crippen LogP contribution in [0, 0.1) is 0 Å². The van der Waals surface area contributed by atoms with Crippen LogP contribution in [-0.2, 0) is 13.2 Å². The number of hydrogen-bond donors (Lipinski definition) is 0. The van der Waals surface area contributed by atoms with Crippen molar-refractivity contribution in [3.63, 3.8) is 0 Å². The lowest BCUT2D eigenvalue weighted by atomic mass is 10.3. The second-order valence-electron chi connectivity index (χ2n) is 6.21. The lowest BCUT2D eigenvalue weighted by Crippen LogP contribution is -2.07. The normalized spacial score (nSPS) is 11.3. The highest BCUT2D eigenvalue weighted by Crippen LogP contribution is 2.27. The van der Waals surface area contributed by atoms with Crippen molar-refractivity contribution in [3.05, 3.63) is 59.4 Å². The summed E-state index contributed by atoms with van der Waals surface area (Å²) in [5.41, 5.74) is 1.78. The van der Waals surface area contributed by atoms with Gasteiger partial charge >= 0.3 is 0 Å². The molecule has 0 N–H and O–H groups in total. The molecule has 10 heteroatoms. The molecule has 0 aliphatic heterocycles. The van der Waals surface area contributed by atoms with E-state index in [4.69, 9.17) is 9.47 Å². The van der Waals surface area contributed by atoms with Gasteiger partial charge in [-0.05, 0) is 31.2 Å². The Balaban J connectivity index is 1.36. The molecule has 0 saturated carbocycles. The van der Waals surface area contributed by atoms with Gasteiger partial charge in [0, 0.05) is 0 Å². The zero-order chi connectivity index (χ0) is 19.6. The second-order valence-corrected chi connectivity index (χ2v) is 7.25. The van der Waals surface area contributed by atoms with Gasteiger partial charge in [-0.1, -0.05) is 40.8 Å². The van der Waals surface area contributed by atoms with Crippen LogP contribution < -0.4 is 9.47 Å². The molecule has 0 amide bonds. The molecular weight excluding hydrogens is 390 g/mol. The fraction of sp³-hybridized carbons (Fsp3) is 0.211. The van der Waals surface area contributed by atoms with Crippen molar-refractivity contribution in [2.75, 3.05) is 6.61 Å². The first-order valence-electron chi connectivity index (χ1n) is 9.14. The minimum Gasteiger partial charge on any atom is -0.490 e. The second kappa shape index (κ2) is 7.47. The number of benzene rings is 2. The molecule has 0 radical (unpaired) electrons. The number of para-hydroxylation sites is 3. The minimum absolute atomic E-state index is 0.323. The van der Waals surface area contributed by atoms with E-state index in [9.17, 15) is 0 Å². The molecule has 5 rings (SSSR count). The van der Waals surface area contributed by atoms with Gasteiger partial charge in [-0.2, -0.15) is 9.61 Å². The van der Waals surface area contributed by atoms with Crippen LogP contribution in [0.5, 0.6) is 11.5 Å². The summed E-state index contributed by atoms with van der Waals surface area (Å²) in [5.74, 6) is 2.10. The van der Waals surface area contributed by atoms with E-state index in [0.29, 0.717) is 36.3 Å². The number of fused-ring (bicyclic) bond motifs is 2. The van der Waals surface area contributed by atoms with Gasteiger partial charge in [0.1, 0.15) is 18.7 Å². The summed E-state index contributed by atoms with van der Waals surface area (Å²) in [6, 6.07) is 15.4.